The Morgan fingerprint density at radius 1 is 1.44 bits per heavy atom. The Balaban J connectivity index is 2.63. The van der Waals surface area contributed by atoms with Gasteiger partial charge in [-0.15, -0.1) is 0 Å². The predicted octanol–water partition coefficient (Wildman–Crippen LogP) is -1.00. The average Bonchev–Trinajstić information content (AvgIpc) is 2.23. The van der Waals surface area contributed by atoms with Gasteiger partial charge in [-0.2, -0.15) is 0 Å². The van der Waals surface area contributed by atoms with Crippen molar-refractivity contribution in [1.29, 1.82) is 0 Å². The largest absolute Gasteiger partial charge is 0.491 e. The molecule has 0 aromatic heterocycles. The minimum absolute atomic E-state index is 0.0304. The summed E-state index contributed by atoms with van der Waals surface area (Å²) in [5, 5.41) is 10.5. The van der Waals surface area contributed by atoms with Gasteiger partial charge in [-0.05, 0) is 0 Å². The maximum atomic E-state index is 11.2. The van der Waals surface area contributed by atoms with Crippen LogP contribution >= 0.6 is 0 Å². The number of hydrogen-bond donors (Lipinski definition) is 2. The first-order valence-corrected chi connectivity index (χ1v) is 4.54. The molecule has 7 heteroatoms. The molecular weight excluding hydrogens is 216 g/mol. The highest BCUT2D eigenvalue weighted by Gasteiger charge is 2.24. The molecule has 0 heterocycles. The van der Waals surface area contributed by atoms with Crippen LogP contribution in [0.1, 0.15) is 0 Å². The summed E-state index contributed by atoms with van der Waals surface area (Å²) in [5.74, 6) is 0.0304. The molecule has 1 rings (SSSR count). The van der Waals surface area contributed by atoms with Crippen molar-refractivity contribution < 1.29 is 14.6 Å². The zero-order valence-electron chi connectivity index (χ0n) is 8.94. The molecule has 0 radical (unpaired) electrons. The number of methoxy groups -OCH3 is 1. The maximum absolute atomic E-state index is 11.2. The second kappa shape index (κ2) is 4.65. The van der Waals surface area contributed by atoms with Crippen molar-refractivity contribution >= 4 is 11.8 Å². The molecule has 0 aliphatic carbocycles. The van der Waals surface area contributed by atoms with Crippen LogP contribution in [0.3, 0.4) is 0 Å². The molecule has 1 aromatic rings. The number of likely N-dealkylation sites (N-methyl/N-ethyl adjacent to an activating group) is 1. The van der Waals surface area contributed by atoms with Gasteiger partial charge in [0.25, 0.3) is 10.9 Å². The van der Waals surface area contributed by atoms with E-state index in [0.717, 1.165) is 0 Å². The van der Waals surface area contributed by atoms with Gasteiger partial charge in [0.1, 0.15) is 5.69 Å². The summed E-state index contributed by atoms with van der Waals surface area (Å²) in [6, 6.07) is 0. The Bertz CT molecular complexity index is 460. The zero-order chi connectivity index (χ0) is 12.3. The van der Waals surface area contributed by atoms with E-state index in [1.165, 1.54) is 12.0 Å². The third-order valence-corrected chi connectivity index (χ3v) is 2.15. The van der Waals surface area contributed by atoms with Gasteiger partial charge in [0.05, 0.1) is 7.11 Å². The summed E-state index contributed by atoms with van der Waals surface area (Å²) >= 11 is 0. The summed E-state index contributed by atoms with van der Waals surface area (Å²) < 4.78 is 4.76. The fourth-order valence-electron chi connectivity index (χ4n) is 1.34. The van der Waals surface area contributed by atoms with Crippen molar-refractivity contribution in [1.82, 2.24) is 5.32 Å². The number of nitrogens with zero attached hydrogens (tertiary/aromatic N) is 1. The summed E-state index contributed by atoms with van der Waals surface area (Å²) in [4.78, 5) is 33.9. The van der Waals surface area contributed by atoms with E-state index in [-0.39, 0.29) is 24.5 Å². The lowest BCUT2D eigenvalue weighted by Crippen LogP contribution is -2.42. The normalized spacial score (nSPS) is 10.1. The smallest absolute Gasteiger partial charge is 0.404 e. The molecule has 16 heavy (non-hydrogen) atoms. The number of ether oxygens (including phenoxy) is 1. The Morgan fingerprint density at radius 2 is 2.06 bits per heavy atom. The standard InChI is InChI=1S/C9H12N2O5/c1-11(4-3-10-9(14)15)5-6(12)7(13)8(5)16-2/h10H,3-4H2,1-2H3,(H,14,15). The molecule has 1 amide bonds. The Hall–Kier alpha value is -2.05. The molecule has 0 aliphatic heterocycles. The van der Waals surface area contributed by atoms with Gasteiger partial charge in [-0.1, -0.05) is 0 Å². The monoisotopic (exact) mass is 228 g/mol. The molecule has 0 saturated carbocycles. The quantitative estimate of drug-likeness (QED) is 0.627. The van der Waals surface area contributed by atoms with Crippen molar-refractivity contribution in [2.24, 2.45) is 0 Å². The number of carbonyl (C=O) groups is 1. The van der Waals surface area contributed by atoms with Crippen LogP contribution in [-0.4, -0.2) is 38.4 Å². The molecular formula is C9H12N2O5. The van der Waals surface area contributed by atoms with E-state index < -0.39 is 17.0 Å². The highest BCUT2D eigenvalue weighted by molar-refractivity contribution is 5.65. The van der Waals surface area contributed by atoms with Gasteiger partial charge in [-0.25, -0.2) is 4.79 Å². The van der Waals surface area contributed by atoms with Gasteiger partial charge in [-0.3, -0.25) is 9.59 Å². The lowest BCUT2D eigenvalue weighted by Gasteiger charge is -2.21. The molecule has 0 saturated heterocycles. The first-order chi connectivity index (χ1) is 7.49. The maximum Gasteiger partial charge on any atom is 0.404 e. The Morgan fingerprint density at radius 3 is 2.56 bits per heavy atom. The van der Waals surface area contributed by atoms with E-state index in [2.05, 4.69) is 5.32 Å². The van der Waals surface area contributed by atoms with Crippen molar-refractivity contribution in [3.63, 3.8) is 0 Å². The van der Waals surface area contributed by atoms with Crippen molar-refractivity contribution in [2.75, 3.05) is 32.1 Å². The predicted molar refractivity (Wildman–Crippen MR) is 57.2 cm³/mol. The molecule has 0 aliphatic rings. The highest BCUT2D eigenvalue weighted by Crippen LogP contribution is 2.19. The van der Waals surface area contributed by atoms with E-state index in [1.807, 2.05) is 0 Å². The second-order valence-electron chi connectivity index (χ2n) is 3.19. The van der Waals surface area contributed by atoms with E-state index in [0.29, 0.717) is 0 Å². The van der Waals surface area contributed by atoms with Crippen LogP contribution in [0.2, 0.25) is 0 Å². The van der Waals surface area contributed by atoms with Crippen LogP contribution < -0.4 is 25.8 Å². The minimum atomic E-state index is -1.13. The molecule has 0 fully saturated rings. The van der Waals surface area contributed by atoms with E-state index in [9.17, 15) is 14.4 Å². The summed E-state index contributed by atoms with van der Waals surface area (Å²) in [5.41, 5.74) is -1.05. The fraction of sp³-hybridized carbons (Fsp3) is 0.444. The number of rotatable bonds is 5. The lowest BCUT2D eigenvalue weighted by molar-refractivity contribution is 0.195. The number of amides is 1. The SMILES string of the molecule is COc1c(N(C)CCNC(=O)O)c(=O)c1=O. The molecule has 0 unspecified atom stereocenters. The molecule has 2 N–H and O–H groups in total. The van der Waals surface area contributed by atoms with Crippen LogP contribution in [0.4, 0.5) is 10.5 Å². The topological polar surface area (TPSA) is 95.9 Å². The van der Waals surface area contributed by atoms with Crippen LogP contribution in [0.15, 0.2) is 9.59 Å². The number of nitrogens with one attached hydrogen (secondary N) is 1. The van der Waals surface area contributed by atoms with Gasteiger partial charge in [0.2, 0.25) is 0 Å². The molecule has 0 atom stereocenters. The van der Waals surface area contributed by atoms with Crippen molar-refractivity contribution in [3.05, 3.63) is 20.4 Å². The summed E-state index contributed by atoms with van der Waals surface area (Å²) in [6.07, 6.45) is -1.13. The number of anilines is 1. The second-order valence-corrected chi connectivity index (χ2v) is 3.19. The lowest BCUT2D eigenvalue weighted by atomic mass is 10.2. The van der Waals surface area contributed by atoms with Crippen LogP contribution in [0.5, 0.6) is 5.75 Å². The van der Waals surface area contributed by atoms with Crippen LogP contribution in [0.25, 0.3) is 0 Å². The number of hydrogen-bond acceptors (Lipinski definition) is 5. The number of carboxylic acid groups (broad SMARTS) is 1. The first-order valence-electron chi connectivity index (χ1n) is 4.54. The molecule has 88 valence electrons. The van der Waals surface area contributed by atoms with Crippen LogP contribution in [-0.2, 0) is 0 Å². The zero-order valence-corrected chi connectivity index (χ0v) is 8.94. The van der Waals surface area contributed by atoms with Crippen LogP contribution in [0, 0.1) is 0 Å². The average molecular weight is 228 g/mol. The summed E-state index contributed by atoms with van der Waals surface area (Å²) in [7, 11) is 2.89. The summed E-state index contributed by atoms with van der Waals surface area (Å²) in [6.45, 7) is 0.446. The third-order valence-electron chi connectivity index (χ3n) is 2.15. The first kappa shape index (κ1) is 12.0. The van der Waals surface area contributed by atoms with E-state index in [1.54, 1.807) is 7.05 Å². The van der Waals surface area contributed by atoms with Gasteiger partial charge in [0.15, 0.2) is 5.75 Å². The van der Waals surface area contributed by atoms with E-state index >= 15 is 0 Å². The van der Waals surface area contributed by atoms with Crippen molar-refractivity contribution in [3.8, 4) is 5.75 Å². The molecule has 0 spiro atoms. The fourth-order valence-corrected chi connectivity index (χ4v) is 1.34. The molecule has 7 nitrogen and oxygen atoms in total. The van der Waals surface area contributed by atoms with Gasteiger partial charge >= 0.3 is 6.09 Å². The Kier molecular flexibility index (Phi) is 3.49. The van der Waals surface area contributed by atoms with Crippen molar-refractivity contribution in [2.45, 2.75) is 0 Å². The minimum Gasteiger partial charge on any atom is -0.491 e. The highest BCUT2D eigenvalue weighted by atomic mass is 16.5. The molecule has 0 bridgehead atoms. The van der Waals surface area contributed by atoms with Gasteiger partial charge < -0.3 is 20.1 Å². The molecule has 1 aromatic carbocycles. The third kappa shape index (κ3) is 2.13. The van der Waals surface area contributed by atoms with Gasteiger partial charge in [0, 0.05) is 20.1 Å². The Labute approximate surface area is 90.9 Å². The van der Waals surface area contributed by atoms with E-state index in [4.69, 9.17) is 9.84 Å².